The van der Waals surface area contributed by atoms with Gasteiger partial charge in [-0.25, -0.2) is 9.97 Å². The monoisotopic (exact) mass is 256 g/mol. The molecule has 1 saturated heterocycles. The number of carbonyl (C=O) groups is 1. The average Bonchev–Trinajstić information content (AvgIpc) is 2.29. The van der Waals surface area contributed by atoms with E-state index in [2.05, 4.69) is 15.3 Å². The molecule has 1 fully saturated rings. The third kappa shape index (κ3) is 2.92. The molecule has 5 nitrogen and oxygen atoms in total. The number of aromatic nitrogens is 2. The molecule has 1 aliphatic rings. The maximum absolute atomic E-state index is 12.2. The Kier molecular flexibility index (Phi) is 4.84. The normalized spacial score (nSPS) is 19.6. The Morgan fingerprint density at radius 3 is 3.00 bits per heavy atom. The van der Waals surface area contributed by atoms with Gasteiger partial charge in [-0.1, -0.05) is 0 Å². The van der Waals surface area contributed by atoms with Crippen LogP contribution in [0.5, 0.6) is 0 Å². The van der Waals surface area contributed by atoms with Crippen LogP contribution >= 0.6 is 12.4 Å². The summed E-state index contributed by atoms with van der Waals surface area (Å²) in [6, 6.07) is 0.223. The number of nitrogens with zero attached hydrogens (tertiary/aromatic N) is 3. The minimum Gasteiger partial charge on any atom is -0.333 e. The van der Waals surface area contributed by atoms with Gasteiger partial charge >= 0.3 is 0 Å². The Balaban J connectivity index is 0.00000144. The van der Waals surface area contributed by atoms with Gasteiger partial charge in [-0.05, 0) is 13.8 Å². The van der Waals surface area contributed by atoms with Crippen LogP contribution in [0.25, 0.3) is 0 Å². The predicted molar refractivity (Wildman–Crippen MR) is 67.4 cm³/mol. The molecule has 1 N–H and O–H groups in total. The first-order chi connectivity index (χ1) is 7.70. The van der Waals surface area contributed by atoms with E-state index >= 15 is 0 Å². The van der Waals surface area contributed by atoms with Crippen molar-refractivity contribution in [3.8, 4) is 0 Å². The van der Waals surface area contributed by atoms with Crippen molar-refractivity contribution in [1.82, 2.24) is 20.2 Å². The average molecular weight is 257 g/mol. The molecule has 6 heteroatoms. The number of hydrogen-bond acceptors (Lipinski definition) is 4. The molecule has 1 aromatic heterocycles. The highest BCUT2D eigenvalue weighted by Crippen LogP contribution is 2.11. The van der Waals surface area contributed by atoms with Crippen molar-refractivity contribution < 1.29 is 4.79 Å². The lowest BCUT2D eigenvalue weighted by Gasteiger charge is -2.34. The highest BCUT2D eigenvalue weighted by molar-refractivity contribution is 5.95. The Morgan fingerprint density at radius 2 is 2.35 bits per heavy atom. The minimum atomic E-state index is 0. The van der Waals surface area contributed by atoms with E-state index in [1.165, 1.54) is 6.33 Å². The molecule has 0 radical (unpaired) electrons. The molecule has 94 valence electrons. The molecular weight excluding hydrogens is 240 g/mol. The highest BCUT2D eigenvalue weighted by Gasteiger charge is 2.25. The van der Waals surface area contributed by atoms with Gasteiger partial charge in [-0.3, -0.25) is 4.79 Å². The second kappa shape index (κ2) is 5.93. The van der Waals surface area contributed by atoms with Gasteiger partial charge in [-0.15, -0.1) is 12.4 Å². The molecule has 0 spiro atoms. The van der Waals surface area contributed by atoms with Crippen LogP contribution in [-0.4, -0.2) is 46.5 Å². The molecule has 0 unspecified atom stereocenters. The van der Waals surface area contributed by atoms with Crippen molar-refractivity contribution in [3.05, 3.63) is 23.8 Å². The van der Waals surface area contributed by atoms with E-state index in [1.54, 1.807) is 6.20 Å². The smallest absolute Gasteiger partial charge is 0.257 e. The van der Waals surface area contributed by atoms with E-state index in [4.69, 9.17) is 0 Å². The van der Waals surface area contributed by atoms with Gasteiger partial charge in [0.2, 0.25) is 0 Å². The highest BCUT2D eigenvalue weighted by atomic mass is 35.5. The van der Waals surface area contributed by atoms with Crippen molar-refractivity contribution in [2.75, 3.05) is 19.6 Å². The molecule has 0 bridgehead atoms. The van der Waals surface area contributed by atoms with E-state index in [9.17, 15) is 4.79 Å². The van der Waals surface area contributed by atoms with Gasteiger partial charge < -0.3 is 10.2 Å². The van der Waals surface area contributed by atoms with Gasteiger partial charge in [0.15, 0.2) is 0 Å². The number of aryl methyl sites for hydroxylation is 1. The number of amides is 1. The Morgan fingerprint density at radius 1 is 1.59 bits per heavy atom. The van der Waals surface area contributed by atoms with Crippen molar-refractivity contribution in [3.63, 3.8) is 0 Å². The summed E-state index contributed by atoms with van der Waals surface area (Å²) in [6.45, 7) is 6.32. The lowest BCUT2D eigenvalue weighted by Crippen LogP contribution is -2.52. The molecular formula is C11H17ClN4O. The largest absolute Gasteiger partial charge is 0.333 e. The number of rotatable bonds is 1. The zero-order valence-electron chi connectivity index (χ0n) is 10.0. The molecule has 0 aromatic carbocycles. The van der Waals surface area contributed by atoms with Gasteiger partial charge in [0.1, 0.15) is 6.33 Å². The van der Waals surface area contributed by atoms with Gasteiger partial charge in [0.05, 0.1) is 11.3 Å². The van der Waals surface area contributed by atoms with Crippen molar-refractivity contribution >= 4 is 18.3 Å². The van der Waals surface area contributed by atoms with Gasteiger partial charge in [0.25, 0.3) is 5.91 Å². The maximum atomic E-state index is 12.2. The summed E-state index contributed by atoms with van der Waals surface area (Å²) in [5.74, 6) is 0.0344. The molecule has 0 aliphatic carbocycles. The van der Waals surface area contributed by atoms with Crippen LogP contribution in [0.15, 0.2) is 12.5 Å². The standard InChI is InChI=1S/C11H16N4O.ClH/c1-8-5-12-3-4-15(8)11(16)10-6-13-7-14-9(10)2;/h6-8,12H,3-5H2,1-2H3;1H/t8-;/m1./s1. The van der Waals surface area contributed by atoms with Crippen LogP contribution in [0.3, 0.4) is 0 Å². The number of piperazine rings is 1. The quantitative estimate of drug-likeness (QED) is 0.801. The van der Waals surface area contributed by atoms with Crippen molar-refractivity contribution in [2.24, 2.45) is 0 Å². The fourth-order valence-corrected chi connectivity index (χ4v) is 1.90. The summed E-state index contributed by atoms with van der Waals surface area (Å²) in [5.41, 5.74) is 1.35. The molecule has 2 rings (SSSR count). The fraction of sp³-hybridized carbons (Fsp3) is 0.545. The van der Waals surface area contributed by atoms with Crippen LogP contribution in [0.4, 0.5) is 0 Å². The Hall–Kier alpha value is -1.20. The summed E-state index contributed by atoms with van der Waals surface area (Å²) in [7, 11) is 0. The Labute approximate surface area is 107 Å². The van der Waals surface area contributed by atoms with E-state index < -0.39 is 0 Å². The summed E-state index contributed by atoms with van der Waals surface area (Å²) < 4.78 is 0. The summed E-state index contributed by atoms with van der Waals surface area (Å²) in [6.07, 6.45) is 3.06. The minimum absolute atomic E-state index is 0. The lowest BCUT2D eigenvalue weighted by atomic mass is 10.1. The summed E-state index contributed by atoms with van der Waals surface area (Å²) in [5, 5.41) is 3.26. The number of hydrogen-bond donors (Lipinski definition) is 1. The molecule has 1 amide bonds. The van der Waals surface area contributed by atoms with Crippen LogP contribution in [0.1, 0.15) is 23.0 Å². The molecule has 0 saturated carbocycles. The Bertz CT molecular complexity index is 399. The lowest BCUT2D eigenvalue weighted by molar-refractivity contribution is 0.0654. The molecule has 17 heavy (non-hydrogen) atoms. The zero-order chi connectivity index (χ0) is 11.5. The van der Waals surface area contributed by atoms with Crippen LogP contribution in [0.2, 0.25) is 0 Å². The predicted octanol–water partition coefficient (Wildman–Crippen LogP) is 0.641. The summed E-state index contributed by atoms with van der Waals surface area (Å²) >= 11 is 0. The number of nitrogens with one attached hydrogen (secondary N) is 1. The summed E-state index contributed by atoms with van der Waals surface area (Å²) in [4.78, 5) is 22.1. The first kappa shape index (κ1) is 13.9. The third-order valence-corrected chi connectivity index (χ3v) is 2.90. The van der Waals surface area contributed by atoms with Gasteiger partial charge in [-0.2, -0.15) is 0 Å². The zero-order valence-corrected chi connectivity index (χ0v) is 10.8. The van der Waals surface area contributed by atoms with Crippen LogP contribution in [0, 0.1) is 6.92 Å². The molecule has 1 atom stereocenters. The van der Waals surface area contributed by atoms with E-state index in [1.807, 2.05) is 18.7 Å². The number of carbonyl (C=O) groups excluding carboxylic acids is 1. The first-order valence-electron chi connectivity index (χ1n) is 5.48. The van der Waals surface area contributed by atoms with Crippen molar-refractivity contribution in [2.45, 2.75) is 19.9 Å². The third-order valence-electron chi connectivity index (χ3n) is 2.90. The first-order valence-corrected chi connectivity index (χ1v) is 5.48. The molecule has 1 aromatic rings. The van der Waals surface area contributed by atoms with Crippen LogP contribution in [-0.2, 0) is 0 Å². The SMILES string of the molecule is Cc1ncncc1C(=O)N1CCNC[C@H]1C.Cl. The number of halogens is 1. The topological polar surface area (TPSA) is 58.1 Å². The van der Waals surface area contributed by atoms with Crippen molar-refractivity contribution in [1.29, 1.82) is 0 Å². The molecule has 2 heterocycles. The molecule has 1 aliphatic heterocycles. The second-order valence-electron chi connectivity index (χ2n) is 4.07. The van der Waals surface area contributed by atoms with E-state index in [-0.39, 0.29) is 24.4 Å². The second-order valence-corrected chi connectivity index (χ2v) is 4.07. The van der Waals surface area contributed by atoms with E-state index in [0.717, 1.165) is 25.3 Å². The fourth-order valence-electron chi connectivity index (χ4n) is 1.90. The van der Waals surface area contributed by atoms with E-state index in [0.29, 0.717) is 5.56 Å². The maximum Gasteiger partial charge on any atom is 0.257 e. The van der Waals surface area contributed by atoms with Crippen LogP contribution < -0.4 is 5.32 Å². The van der Waals surface area contributed by atoms with Gasteiger partial charge in [0, 0.05) is 31.9 Å².